The molecule has 2 amide bonds. The Kier molecular flexibility index (Phi) is 5.63. The molecular weight excluding hydrogens is 398 g/mol. The van der Waals surface area contributed by atoms with Crippen molar-refractivity contribution >= 4 is 29.5 Å². The average molecular weight is 419 g/mol. The Bertz CT molecular complexity index is 840. The second-order valence-corrected chi connectivity index (χ2v) is 7.86. The number of hydrogen-bond acceptors (Lipinski definition) is 7. The molecule has 3 aliphatic heterocycles. The van der Waals surface area contributed by atoms with Crippen LogP contribution in [0.1, 0.15) is 0 Å². The Morgan fingerprint density at radius 2 is 1.97 bits per heavy atom. The van der Waals surface area contributed by atoms with Crippen LogP contribution < -0.4 is 10.1 Å². The van der Waals surface area contributed by atoms with Gasteiger partial charge in [0.05, 0.1) is 18.9 Å². The number of para-hydroxylation sites is 1. The number of β-lactam (4-membered cyclic amide) rings is 1. The van der Waals surface area contributed by atoms with Crippen molar-refractivity contribution in [2.45, 2.75) is 11.4 Å². The van der Waals surface area contributed by atoms with Crippen molar-refractivity contribution in [2.24, 2.45) is 0 Å². The minimum atomic E-state index is -1.14. The number of benzene rings is 1. The van der Waals surface area contributed by atoms with E-state index in [9.17, 15) is 19.5 Å². The van der Waals surface area contributed by atoms with E-state index >= 15 is 0 Å². The quantitative estimate of drug-likeness (QED) is 0.625. The van der Waals surface area contributed by atoms with Crippen molar-refractivity contribution in [1.29, 1.82) is 0 Å². The van der Waals surface area contributed by atoms with Crippen LogP contribution in [-0.2, 0) is 19.1 Å². The van der Waals surface area contributed by atoms with Gasteiger partial charge in [0.1, 0.15) is 17.2 Å². The summed E-state index contributed by atoms with van der Waals surface area (Å²) in [7, 11) is 0. The van der Waals surface area contributed by atoms with Gasteiger partial charge in [0.15, 0.2) is 12.3 Å². The summed E-state index contributed by atoms with van der Waals surface area (Å²) < 4.78 is 10.7. The molecule has 0 aromatic heterocycles. The molecule has 154 valence electrons. The molecule has 2 fully saturated rings. The molecule has 0 unspecified atom stereocenters. The Morgan fingerprint density at radius 1 is 1.24 bits per heavy atom. The molecule has 1 aromatic carbocycles. The topological polar surface area (TPSA) is 108 Å². The van der Waals surface area contributed by atoms with Crippen molar-refractivity contribution in [1.82, 2.24) is 15.1 Å². The first kappa shape index (κ1) is 19.6. The fraction of sp³-hybridized carbons (Fsp3) is 0.421. The van der Waals surface area contributed by atoms with Gasteiger partial charge in [-0.2, -0.15) is 0 Å². The molecule has 0 bridgehead atoms. The van der Waals surface area contributed by atoms with Gasteiger partial charge in [-0.3, -0.25) is 14.5 Å². The van der Waals surface area contributed by atoms with Crippen LogP contribution in [0.2, 0.25) is 0 Å². The van der Waals surface area contributed by atoms with E-state index in [1.54, 1.807) is 24.3 Å². The first-order valence-corrected chi connectivity index (χ1v) is 10.3. The highest BCUT2D eigenvalue weighted by atomic mass is 32.2. The number of aliphatic carboxylic acids is 1. The molecule has 2 saturated heterocycles. The smallest absolute Gasteiger partial charge is 0.354 e. The highest BCUT2D eigenvalue weighted by Crippen LogP contribution is 2.41. The molecule has 2 N–H and O–H groups in total. The summed E-state index contributed by atoms with van der Waals surface area (Å²) in [6, 6.07) is 8.14. The third-order valence-corrected chi connectivity index (χ3v) is 6.24. The highest BCUT2D eigenvalue weighted by Gasteiger charge is 2.54. The number of carbonyl (C=O) groups is 3. The summed E-state index contributed by atoms with van der Waals surface area (Å²) >= 11 is 1.45. The van der Waals surface area contributed by atoms with Crippen LogP contribution in [-0.4, -0.2) is 82.8 Å². The summed E-state index contributed by atoms with van der Waals surface area (Å²) in [6.07, 6.45) is 0. The van der Waals surface area contributed by atoms with Crippen LogP contribution in [0, 0.1) is 0 Å². The van der Waals surface area contributed by atoms with E-state index in [0.717, 1.165) is 0 Å². The van der Waals surface area contributed by atoms with Crippen LogP contribution in [0.25, 0.3) is 0 Å². The lowest BCUT2D eigenvalue weighted by Crippen LogP contribution is -2.71. The van der Waals surface area contributed by atoms with Crippen molar-refractivity contribution in [3.05, 3.63) is 41.7 Å². The van der Waals surface area contributed by atoms with Gasteiger partial charge in [0, 0.05) is 18.8 Å². The number of amides is 2. The summed E-state index contributed by atoms with van der Waals surface area (Å²) in [5.74, 6) is -0.960. The first-order valence-electron chi connectivity index (χ1n) is 9.27. The fourth-order valence-corrected chi connectivity index (χ4v) is 4.94. The zero-order chi connectivity index (χ0) is 20.4. The number of ether oxygens (including phenoxy) is 2. The maximum atomic E-state index is 12.7. The molecule has 9 nitrogen and oxygen atoms in total. The largest absolute Gasteiger partial charge is 0.484 e. The van der Waals surface area contributed by atoms with Gasteiger partial charge in [0.2, 0.25) is 0 Å². The lowest BCUT2D eigenvalue weighted by molar-refractivity contribution is -0.151. The lowest BCUT2D eigenvalue weighted by atomic mass is 10.0. The maximum Gasteiger partial charge on any atom is 0.354 e. The van der Waals surface area contributed by atoms with E-state index in [4.69, 9.17) is 9.47 Å². The monoisotopic (exact) mass is 419 g/mol. The molecule has 2 atom stereocenters. The van der Waals surface area contributed by atoms with E-state index in [2.05, 4.69) is 5.32 Å². The third-order valence-electron chi connectivity index (χ3n) is 4.97. The van der Waals surface area contributed by atoms with Gasteiger partial charge < -0.3 is 24.8 Å². The van der Waals surface area contributed by atoms with Crippen molar-refractivity contribution in [3.63, 3.8) is 0 Å². The zero-order valence-electron chi connectivity index (χ0n) is 15.6. The standard InChI is InChI=1S/C19H21N3O6S/c23-14(10-28-12-4-2-1-3-5-12)20-15-17(24)22-16(19(25)26)13(11-29-18(15)22)21-6-8-27-9-7-21/h1-5,15,18H,6-11H2,(H,20,23)(H,25,26)/t15-,18+/m1/s1. The first-order chi connectivity index (χ1) is 14.1. The van der Waals surface area contributed by atoms with Crippen molar-refractivity contribution in [3.8, 4) is 5.75 Å². The third kappa shape index (κ3) is 3.90. The maximum absolute atomic E-state index is 12.7. The fourth-order valence-electron chi connectivity index (χ4n) is 3.56. The number of carboxylic acids is 1. The molecule has 0 radical (unpaired) electrons. The van der Waals surface area contributed by atoms with E-state index in [1.807, 2.05) is 11.0 Å². The molecule has 3 aliphatic rings. The number of nitrogens with zero attached hydrogens (tertiary/aromatic N) is 2. The normalized spacial score (nSPS) is 23.9. The van der Waals surface area contributed by atoms with Gasteiger partial charge in [0.25, 0.3) is 11.8 Å². The van der Waals surface area contributed by atoms with Crippen LogP contribution in [0.5, 0.6) is 5.75 Å². The highest BCUT2D eigenvalue weighted by molar-refractivity contribution is 8.00. The molecule has 29 heavy (non-hydrogen) atoms. The Balaban J connectivity index is 1.41. The van der Waals surface area contributed by atoms with Gasteiger partial charge >= 0.3 is 5.97 Å². The van der Waals surface area contributed by atoms with Gasteiger partial charge in [-0.15, -0.1) is 11.8 Å². The van der Waals surface area contributed by atoms with E-state index in [1.165, 1.54) is 16.7 Å². The van der Waals surface area contributed by atoms with Crippen LogP contribution in [0.15, 0.2) is 41.7 Å². The Morgan fingerprint density at radius 3 is 2.66 bits per heavy atom. The minimum absolute atomic E-state index is 0.00619. The average Bonchev–Trinajstić information content (AvgIpc) is 2.76. The molecular formula is C19H21N3O6S. The SMILES string of the molecule is O=C(COc1ccccc1)N[C@@H]1C(=O)N2C(C(=O)O)=C(N3CCOCC3)CS[C@@H]12. The second-order valence-electron chi connectivity index (χ2n) is 6.76. The van der Waals surface area contributed by atoms with Crippen LogP contribution >= 0.6 is 11.8 Å². The molecule has 10 heteroatoms. The zero-order valence-corrected chi connectivity index (χ0v) is 16.4. The summed E-state index contributed by atoms with van der Waals surface area (Å²) in [5, 5.41) is 12.0. The van der Waals surface area contributed by atoms with Crippen LogP contribution in [0.4, 0.5) is 0 Å². The predicted molar refractivity (Wildman–Crippen MR) is 104 cm³/mol. The molecule has 0 aliphatic carbocycles. The number of morpholine rings is 1. The van der Waals surface area contributed by atoms with Crippen LogP contribution in [0.3, 0.4) is 0 Å². The summed E-state index contributed by atoms with van der Waals surface area (Å²) in [6.45, 7) is 2.02. The lowest BCUT2D eigenvalue weighted by Gasteiger charge is -2.50. The van der Waals surface area contributed by atoms with Crippen molar-refractivity contribution in [2.75, 3.05) is 38.7 Å². The number of carboxylic acid groups (broad SMARTS) is 1. The van der Waals surface area contributed by atoms with E-state index in [0.29, 0.717) is 43.5 Å². The number of carbonyl (C=O) groups excluding carboxylic acids is 2. The minimum Gasteiger partial charge on any atom is -0.484 e. The molecule has 3 heterocycles. The molecule has 0 saturated carbocycles. The number of rotatable bonds is 6. The number of thioether (sulfide) groups is 1. The van der Waals surface area contributed by atoms with E-state index in [-0.39, 0.29) is 12.3 Å². The number of nitrogens with one attached hydrogen (secondary N) is 1. The number of fused-ring (bicyclic) bond motifs is 1. The Labute approximate surface area is 171 Å². The van der Waals surface area contributed by atoms with Crippen molar-refractivity contribution < 1.29 is 29.0 Å². The van der Waals surface area contributed by atoms with Gasteiger partial charge in [-0.1, -0.05) is 18.2 Å². The molecule has 4 rings (SSSR count). The predicted octanol–water partition coefficient (Wildman–Crippen LogP) is 0.0937. The molecule has 0 spiro atoms. The molecule has 1 aromatic rings. The number of hydrogen-bond donors (Lipinski definition) is 2. The van der Waals surface area contributed by atoms with E-state index < -0.39 is 29.2 Å². The summed E-state index contributed by atoms with van der Waals surface area (Å²) in [4.78, 5) is 40.0. The second kappa shape index (κ2) is 8.34. The van der Waals surface area contributed by atoms with Gasteiger partial charge in [-0.25, -0.2) is 4.79 Å². The Hall–Kier alpha value is -2.72. The van der Waals surface area contributed by atoms with Gasteiger partial charge in [-0.05, 0) is 12.1 Å². The summed E-state index contributed by atoms with van der Waals surface area (Å²) in [5.41, 5.74) is 0.638.